The molecule has 17 heavy (non-hydrogen) atoms. The molecule has 1 unspecified atom stereocenters. The number of hydrogen-bond donors (Lipinski definition) is 2. The van der Waals surface area contributed by atoms with Crippen molar-refractivity contribution >= 4 is 10.0 Å². The van der Waals surface area contributed by atoms with Gasteiger partial charge < -0.3 is 10.1 Å². The van der Waals surface area contributed by atoms with Crippen LogP contribution in [0.25, 0.3) is 0 Å². The summed E-state index contributed by atoms with van der Waals surface area (Å²) in [7, 11) is -2.14. The molecular formula is C10H15FN2O3S. The number of halogens is 1. The van der Waals surface area contributed by atoms with Crippen molar-refractivity contribution in [2.45, 2.75) is 17.9 Å². The summed E-state index contributed by atoms with van der Waals surface area (Å²) in [5.41, 5.74) is 0. The van der Waals surface area contributed by atoms with Gasteiger partial charge >= 0.3 is 0 Å². The van der Waals surface area contributed by atoms with Crippen molar-refractivity contribution in [2.75, 3.05) is 13.6 Å². The summed E-state index contributed by atoms with van der Waals surface area (Å²) in [6.45, 7) is 2.32. The summed E-state index contributed by atoms with van der Waals surface area (Å²) in [5.74, 6) is -0.750. The molecule has 1 aromatic rings. The van der Waals surface area contributed by atoms with Gasteiger partial charge in [-0.1, -0.05) is 0 Å². The fourth-order valence-corrected chi connectivity index (χ4v) is 1.83. The number of sulfonamides is 1. The maximum absolute atomic E-state index is 13.5. The van der Waals surface area contributed by atoms with Crippen LogP contribution in [0.4, 0.5) is 4.39 Å². The molecule has 1 aromatic carbocycles. The van der Waals surface area contributed by atoms with Crippen LogP contribution in [0.5, 0.6) is 5.75 Å². The highest BCUT2D eigenvalue weighted by Gasteiger charge is 2.13. The number of benzene rings is 1. The third kappa shape index (κ3) is 3.95. The minimum Gasteiger partial charge on any atom is -0.486 e. The molecule has 3 N–H and O–H groups in total. The molecule has 1 atom stereocenters. The molecule has 0 radical (unpaired) electrons. The monoisotopic (exact) mass is 262 g/mol. The Labute approximate surface area is 99.8 Å². The van der Waals surface area contributed by atoms with Crippen LogP contribution in [0.15, 0.2) is 23.1 Å². The second-order valence-corrected chi connectivity index (χ2v) is 5.18. The second kappa shape index (κ2) is 5.44. The van der Waals surface area contributed by atoms with E-state index in [4.69, 9.17) is 9.88 Å². The first-order chi connectivity index (χ1) is 7.84. The molecule has 0 saturated heterocycles. The molecule has 7 heteroatoms. The number of primary sulfonamides is 1. The van der Waals surface area contributed by atoms with Gasteiger partial charge in [0.1, 0.15) is 6.10 Å². The Morgan fingerprint density at radius 1 is 1.53 bits per heavy atom. The van der Waals surface area contributed by atoms with Gasteiger partial charge in [0.2, 0.25) is 10.0 Å². The second-order valence-electron chi connectivity index (χ2n) is 3.62. The molecule has 0 amide bonds. The first-order valence-electron chi connectivity index (χ1n) is 4.98. The highest BCUT2D eigenvalue weighted by molar-refractivity contribution is 7.89. The zero-order valence-corrected chi connectivity index (χ0v) is 10.4. The summed E-state index contributed by atoms with van der Waals surface area (Å²) >= 11 is 0. The van der Waals surface area contributed by atoms with Gasteiger partial charge in [-0.15, -0.1) is 0 Å². The van der Waals surface area contributed by atoms with Gasteiger partial charge in [-0.25, -0.2) is 17.9 Å². The lowest BCUT2D eigenvalue weighted by molar-refractivity contribution is 0.210. The molecule has 96 valence electrons. The molecule has 0 fully saturated rings. The number of hydrogen-bond acceptors (Lipinski definition) is 4. The standard InChI is InChI=1S/C10H15FN2O3S/c1-7(6-13-2)16-10-4-3-8(5-9(10)11)17(12,14)15/h3-5,7,13H,6H2,1-2H3,(H2,12,14,15). The Hall–Kier alpha value is -1.18. The Morgan fingerprint density at radius 3 is 2.65 bits per heavy atom. The molecule has 5 nitrogen and oxygen atoms in total. The summed E-state index contributed by atoms with van der Waals surface area (Å²) in [6, 6.07) is 3.30. The normalized spacial score (nSPS) is 13.4. The molecule has 0 aliphatic carbocycles. The lowest BCUT2D eigenvalue weighted by Crippen LogP contribution is -2.26. The van der Waals surface area contributed by atoms with Crippen LogP contribution in [0.2, 0.25) is 0 Å². The van der Waals surface area contributed by atoms with Gasteiger partial charge in [0, 0.05) is 6.54 Å². The molecule has 1 rings (SSSR count). The van der Waals surface area contributed by atoms with Gasteiger partial charge in [-0.05, 0) is 32.2 Å². The summed E-state index contributed by atoms with van der Waals surface area (Å²) in [6.07, 6.45) is -0.227. The third-order valence-corrected chi connectivity index (χ3v) is 2.96. The molecule has 0 spiro atoms. The van der Waals surface area contributed by atoms with Crippen molar-refractivity contribution < 1.29 is 17.5 Å². The van der Waals surface area contributed by atoms with Crippen LogP contribution in [-0.4, -0.2) is 28.1 Å². The zero-order valence-electron chi connectivity index (χ0n) is 9.60. The van der Waals surface area contributed by atoms with Crippen LogP contribution in [-0.2, 0) is 10.0 Å². The fourth-order valence-electron chi connectivity index (χ4n) is 1.30. The van der Waals surface area contributed by atoms with Crippen molar-refractivity contribution in [2.24, 2.45) is 5.14 Å². The Morgan fingerprint density at radius 2 is 2.18 bits per heavy atom. The quantitative estimate of drug-likeness (QED) is 0.807. The van der Waals surface area contributed by atoms with Crippen LogP contribution in [0.3, 0.4) is 0 Å². The summed E-state index contributed by atoms with van der Waals surface area (Å²) in [5, 5.41) is 7.76. The van der Waals surface area contributed by atoms with Crippen LogP contribution in [0, 0.1) is 5.82 Å². The van der Waals surface area contributed by atoms with E-state index in [0.29, 0.717) is 6.54 Å². The Bertz CT molecular complexity index is 490. The number of ether oxygens (including phenoxy) is 1. The van der Waals surface area contributed by atoms with Crippen LogP contribution in [0.1, 0.15) is 6.92 Å². The van der Waals surface area contributed by atoms with Crippen molar-refractivity contribution in [1.82, 2.24) is 5.32 Å². The summed E-state index contributed by atoms with van der Waals surface area (Å²) < 4.78 is 40.8. The highest BCUT2D eigenvalue weighted by Crippen LogP contribution is 2.21. The van der Waals surface area contributed by atoms with Gasteiger partial charge in [0.15, 0.2) is 11.6 Å². The van der Waals surface area contributed by atoms with Gasteiger partial charge in [-0.3, -0.25) is 0 Å². The van der Waals surface area contributed by atoms with Crippen molar-refractivity contribution in [3.63, 3.8) is 0 Å². The maximum atomic E-state index is 13.5. The lowest BCUT2D eigenvalue weighted by Gasteiger charge is -2.14. The van der Waals surface area contributed by atoms with E-state index in [9.17, 15) is 12.8 Å². The van der Waals surface area contributed by atoms with Crippen molar-refractivity contribution in [3.8, 4) is 5.75 Å². The van der Waals surface area contributed by atoms with Gasteiger partial charge in [0.05, 0.1) is 4.90 Å². The third-order valence-electron chi connectivity index (χ3n) is 2.05. The van der Waals surface area contributed by atoms with E-state index >= 15 is 0 Å². The number of rotatable bonds is 5. The number of nitrogens with one attached hydrogen (secondary N) is 1. The first-order valence-corrected chi connectivity index (χ1v) is 6.53. The lowest BCUT2D eigenvalue weighted by atomic mass is 10.3. The average molecular weight is 262 g/mol. The van der Waals surface area contributed by atoms with Gasteiger partial charge in [0.25, 0.3) is 0 Å². The minimum atomic E-state index is -3.89. The highest BCUT2D eigenvalue weighted by atomic mass is 32.2. The molecule has 0 aliphatic heterocycles. The number of nitrogens with two attached hydrogens (primary N) is 1. The minimum absolute atomic E-state index is 0.000139. The average Bonchev–Trinajstić information content (AvgIpc) is 2.20. The van der Waals surface area contributed by atoms with E-state index in [2.05, 4.69) is 5.32 Å². The smallest absolute Gasteiger partial charge is 0.238 e. The largest absolute Gasteiger partial charge is 0.486 e. The van der Waals surface area contributed by atoms with E-state index in [-0.39, 0.29) is 16.7 Å². The zero-order chi connectivity index (χ0) is 13.1. The van der Waals surface area contributed by atoms with E-state index in [1.807, 2.05) is 0 Å². The van der Waals surface area contributed by atoms with E-state index in [1.165, 1.54) is 12.1 Å². The topological polar surface area (TPSA) is 81.4 Å². The van der Waals surface area contributed by atoms with Gasteiger partial charge in [-0.2, -0.15) is 0 Å². The molecule has 0 bridgehead atoms. The van der Waals surface area contributed by atoms with Crippen LogP contribution < -0.4 is 15.2 Å². The van der Waals surface area contributed by atoms with E-state index in [1.54, 1.807) is 14.0 Å². The molecular weight excluding hydrogens is 247 g/mol. The van der Waals surface area contributed by atoms with Crippen molar-refractivity contribution in [1.29, 1.82) is 0 Å². The summed E-state index contributed by atoms with van der Waals surface area (Å²) in [4.78, 5) is -0.274. The Balaban J connectivity index is 2.91. The molecule has 0 aliphatic rings. The molecule has 0 saturated carbocycles. The molecule has 0 aromatic heterocycles. The number of likely N-dealkylation sites (N-methyl/N-ethyl adjacent to an activating group) is 1. The predicted molar refractivity (Wildman–Crippen MR) is 61.8 cm³/mol. The van der Waals surface area contributed by atoms with E-state index in [0.717, 1.165) is 6.07 Å². The fraction of sp³-hybridized carbons (Fsp3) is 0.400. The molecule has 0 heterocycles. The van der Waals surface area contributed by atoms with Crippen molar-refractivity contribution in [3.05, 3.63) is 24.0 Å². The maximum Gasteiger partial charge on any atom is 0.238 e. The first kappa shape index (κ1) is 13.9. The predicted octanol–water partition coefficient (Wildman–Crippen LogP) is 0.460. The van der Waals surface area contributed by atoms with Crippen LogP contribution >= 0.6 is 0 Å². The SMILES string of the molecule is CNCC(C)Oc1ccc(S(N)(=O)=O)cc1F. The Kier molecular flexibility index (Phi) is 4.44. The van der Waals surface area contributed by atoms with E-state index < -0.39 is 15.8 Å².